The van der Waals surface area contributed by atoms with Crippen LogP contribution in [-0.2, 0) is 28.6 Å². The molecule has 0 aromatic carbocycles. The van der Waals surface area contributed by atoms with Crippen LogP contribution in [0, 0.1) is 0 Å². The van der Waals surface area contributed by atoms with Gasteiger partial charge in [0.05, 0.1) is 0 Å². The smallest absolute Gasteiger partial charge is 0.306 e. The molecule has 0 saturated heterocycles. The number of carbonyl (C=O) groups excluding carboxylic acids is 3. The largest absolute Gasteiger partial charge is 0.462 e. The molecule has 0 aliphatic heterocycles. The third-order valence-electron chi connectivity index (χ3n) is 10.9. The average molecular weight is 877 g/mol. The number of esters is 3. The number of rotatable bonds is 46. The molecule has 63 heavy (non-hydrogen) atoms. The molecule has 0 aliphatic carbocycles. The van der Waals surface area contributed by atoms with Crippen molar-refractivity contribution in [1.82, 2.24) is 0 Å². The number of ether oxygens (including phenoxy) is 3. The molecular formula is C57H96O6. The summed E-state index contributed by atoms with van der Waals surface area (Å²) in [5, 5.41) is 0. The standard InChI is InChI=1S/C57H96O6/c1-4-7-10-13-16-19-22-25-27-29-31-32-35-38-41-44-47-50-56(59)62-53-54(52-61-55(58)49-46-43-40-37-34-24-21-18-15-12-9-6-3)63-57(60)51-48-45-42-39-36-33-30-28-26-23-20-17-14-11-8-5-2/h7,10,16,18-19,21,25,27-28,30-32,38,41,54H,4-6,8-9,11-15,17,20,22-24,26,29,33-37,39-40,42-53H2,1-3H3/b10-7-,19-16-,21-18-,27-25-,30-28-,32-31-,41-38-/t54-/m1/s1. The van der Waals surface area contributed by atoms with E-state index in [1.807, 2.05) is 0 Å². The molecule has 0 aliphatic rings. The number of hydrogen-bond donors (Lipinski definition) is 0. The normalized spacial score (nSPS) is 12.7. The van der Waals surface area contributed by atoms with E-state index in [-0.39, 0.29) is 37.5 Å². The third-order valence-corrected chi connectivity index (χ3v) is 10.9. The van der Waals surface area contributed by atoms with Crippen molar-refractivity contribution in [3.63, 3.8) is 0 Å². The van der Waals surface area contributed by atoms with E-state index in [1.165, 1.54) is 89.9 Å². The molecule has 0 amide bonds. The Bertz CT molecular complexity index is 1240. The van der Waals surface area contributed by atoms with Gasteiger partial charge in [-0.3, -0.25) is 14.4 Å². The van der Waals surface area contributed by atoms with Crippen molar-refractivity contribution in [3.8, 4) is 0 Å². The Hall–Kier alpha value is -3.41. The van der Waals surface area contributed by atoms with Crippen molar-refractivity contribution >= 4 is 17.9 Å². The van der Waals surface area contributed by atoms with Crippen LogP contribution in [0.2, 0.25) is 0 Å². The summed E-state index contributed by atoms with van der Waals surface area (Å²) in [6, 6.07) is 0. The minimum Gasteiger partial charge on any atom is -0.462 e. The Kier molecular flexibility index (Phi) is 48.5. The van der Waals surface area contributed by atoms with Crippen LogP contribution in [-0.4, -0.2) is 37.2 Å². The lowest BCUT2D eigenvalue weighted by atomic mass is 10.1. The van der Waals surface area contributed by atoms with E-state index in [0.29, 0.717) is 19.3 Å². The zero-order chi connectivity index (χ0) is 45.8. The van der Waals surface area contributed by atoms with Gasteiger partial charge in [-0.2, -0.15) is 0 Å². The second-order valence-electron chi connectivity index (χ2n) is 17.0. The second kappa shape index (κ2) is 51.2. The summed E-state index contributed by atoms with van der Waals surface area (Å²) in [6.07, 6.45) is 65.7. The lowest BCUT2D eigenvalue weighted by Gasteiger charge is -2.18. The second-order valence-corrected chi connectivity index (χ2v) is 17.0. The minimum atomic E-state index is -0.806. The quantitative estimate of drug-likeness (QED) is 0.0262. The van der Waals surface area contributed by atoms with Crippen LogP contribution in [0.1, 0.15) is 239 Å². The first-order chi connectivity index (χ1) is 31.0. The highest BCUT2D eigenvalue weighted by Gasteiger charge is 2.19. The zero-order valence-corrected chi connectivity index (χ0v) is 41.1. The Morgan fingerprint density at radius 3 is 1.08 bits per heavy atom. The predicted octanol–water partition coefficient (Wildman–Crippen LogP) is 17.2. The van der Waals surface area contributed by atoms with E-state index >= 15 is 0 Å². The van der Waals surface area contributed by atoms with Crippen molar-refractivity contribution in [3.05, 3.63) is 85.1 Å². The maximum atomic E-state index is 12.8. The fourth-order valence-corrected chi connectivity index (χ4v) is 6.94. The van der Waals surface area contributed by atoms with Gasteiger partial charge in [0.1, 0.15) is 13.2 Å². The fourth-order valence-electron chi connectivity index (χ4n) is 6.94. The lowest BCUT2D eigenvalue weighted by molar-refractivity contribution is -0.167. The Balaban J connectivity index is 4.49. The molecule has 6 heteroatoms. The van der Waals surface area contributed by atoms with Crippen molar-refractivity contribution in [1.29, 1.82) is 0 Å². The molecule has 0 aromatic rings. The monoisotopic (exact) mass is 877 g/mol. The molecule has 0 fully saturated rings. The van der Waals surface area contributed by atoms with Gasteiger partial charge in [0.25, 0.3) is 0 Å². The first kappa shape index (κ1) is 59.6. The summed E-state index contributed by atoms with van der Waals surface area (Å²) in [5.74, 6) is -0.981. The number of hydrogen-bond acceptors (Lipinski definition) is 6. The minimum absolute atomic E-state index is 0.102. The molecule has 0 radical (unpaired) electrons. The van der Waals surface area contributed by atoms with Gasteiger partial charge in [-0.05, 0) is 109 Å². The van der Waals surface area contributed by atoms with Crippen LogP contribution in [0.4, 0.5) is 0 Å². The molecule has 0 unspecified atom stereocenters. The van der Waals surface area contributed by atoms with Crippen LogP contribution >= 0.6 is 0 Å². The van der Waals surface area contributed by atoms with Gasteiger partial charge < -0.3 is 14.2 Å². The van der Waals surface area contributed by atoms with Gasteiger partial charge in [-0.15, -0.1) is 0 Å². The highest BCUT2D eigenvalue weighted by Crippen LogP contribution is 2.13. The maximum Gasteiger partial charge on any atom is 0.306 e. The van der Waals surface area contributed by atoms with E-state index in [9.17, 15) is 14.4 Å². The topological polar surface area (TPSA) is 78.9 Å². The Labute approximate surface area is 388 Å². The van der Waals surface area contributed by atoms with Gasteiger partial charge in [-0.1, -0.05) is 196 Å². The van der Waals surface area contributed by atoms with E-state index < -0.39 is 6.10 Å². The average Bonchev–Trinajstić information content (AvgIpc) is 3.28. The van der Waals surface area contributed by atoms with Gasteiger partial charge in [0, 0.05) is 19.3 Å². The number of carbonyl (C=O) groups is 3. The number of unbranched alkanes of at least 4 members (excludes halogenated alkanes) is 21. The van der Waals surface area contributed by atoms with E-state index in [0.717, 1.165) is 103 Å². The van der Waals surface area contributed by atoms with Crippen molar-refractivity contribution < 1.29 is 28.6 Å². The molecule has 1 atom stereocenters. The van der Waals surface area contributed by atoms with Gasteiger partial charge >= 0.3 is 17.9 Å². The van der Waals surface area contributed by atoms with Crippen molar-refractivity contribution in [2.75, 3.05) is 13.2 Å². The van der Waals surface area contributed by atoms with Crippen LogP contribution in [0.3, 0.4) is 0 Å². The lowest BCUT2D eigenvalue weighted by Crippen LogP contribution is -2.30. The maximum absolute atomic E-state index is 12.8. The summed E-state index contributed by atoms with van der Waals surface area (Å²) >= 11 is 0. The van der Waals surface area contributed by atoms with E-state index in [4.69, 9.17) is 14.2 Å². The van der Waals surface area contributed by atoms with E-state index in [1.54, 1.807) is 0 Å². The van der Waals surface area contributed by atoms with Crippen LogP contribution < -0.4 is 0 Å². The van der Waals surface area contributed by atoms with Gasteiger partial charge in [-0.25, -0.2) is 0 Å². The van der Waals surface area contributed by atoms with Crippen molar-refractivity contribution in [2.24, 2.45) is 0 Å². The van der Waals surface area contributed by atoms with E-state index in [2.05, 4.69) is 106 Å². The third kappa shape index (κ3) is 49.5. The molecule has 0 heterocycles. The Morgan fingerprint density at radius 2 is 0.635 bits per heavy atom. The molecule has 0 spiro atoms. The molecule has 0 saturated carbocycles. The Morgan fingerprint density at radius 1 is 0.333 bits per heavy atom. The highest BCUT2D eigenvalue weighted by atomic mass is 16.6. The molecule has 6 nitrogen and oxygen atoms in total. The summed E-state index contributed by atoms with van der Waals surface area (Å²) in [5.41, 5.74) is 0. The zero-order valence-electron chi connectivity index (χ0n) is 41.1. The predicted molar refractivity (Wildman–Crippen MR) is 270 cm³/mol. The summed E-state index contributed by atoms with van der Waals surface area (Å²) < 4.78 is 16.7. The summed E-state index contributed by atoms with van der Waals surface area (Å²) in [6.45, 7) is 6.43. The van der Waals surface area contributed by atoms with Crippen LogP contribution in [0.15, 0.2) is 85.1 Å². The van der Waals surface area contributed by atoms with Crippen LogP contribution in [0.5, 0.6) is 0 Å². The molecule has 360 valence electrons. The van der Waals surface area contributed by atoms with Crippen LogP contribution in [0.25, 0.3) is 0 Å². The summed E-state index contributed by atoms with van der Waals surface area (Å²) in [7, 11) is 0. The molecular weight excluding hydrogens is 781 g/mol. The first-order valence-corrected chi connectivity index (χ1v) is 26.1. The fraction of sp³-hybridized carbons (Fsp3) is 0.702. The van der Waals surface area contributed by atoms with Gasteiger partial charge in [0.15, 0.2) is 6.10 Å². The summed E-state index contributed by atoms with van der Waals surface area (Å²) in [4.78, 5) is 38.0. The first-order valence-electron chi connectivity index (χ1n) is 26.1. The molecule has 0 N–H and O–H groups in total. The number of allylic oxidation sites excluding steroid dienone is 14. The SMILES string of the molecule is CC/C=C\C/C=C\C/C=C\C/C=C\C/C=C\CCCC(=O)OC[C@@H](COC(=O)CCCCCCC/C=C\CCCCC)OC(=O)CCCCCCC/C=C\CCCCCCCCC. The molecule has 0 aromatic heterocycles. The molecule has 0 bridgehead atoms. The molecule has 0 rings (SSSR count). The highest BCUT2D eigenvalue weighted by molar-refractivity contribution is 5.71. The van der Waals surface area contributed by atoms with Gasteiger partial charge in [0.2, 0.25) is 0 Å². The van der Waals surface area contributed by atoms with Crippen molar-refractivity contribution in [2.45, 2.75) is 245 Å².